The molecule has 1 aromatic carbocycles. The average Bonchev–Trinajstić information content (AvgIpc) is 2.01. The lowest BCUT2D eigenvalue weighted by Gasteiger charge is -2.02. The van der Waals surface area contributed by atoms with Gasteiger partial charge in [-0.05, 0) is 18.9 Å². The van der Waals surface area contributed by atoms with E-state index in [1.54, 1.807) is 0 Å². The van der Waals surface area contributed by atoms with Gasteiger partial charge >= 0.3 is 10.4 Å². The van der Waals surface area contributed by atoms with Crippen LogP contribution in [0.15, 0.2) is 30.3 Å². The summed E-state index contributed by atoms with van der Waals surface area (Å²) in [6.07, 6.45) is 0.973. The van der Waals surface area contributed by atoms with Crippen LogP contribution in [0.5, 0.6) is 0 Å². The number of hydrogen-bond donors (Lipinski definition) is 3. The van der Waals surface area contributed by atoms with Crippen LogP contribution in [0, 0.1) is 0 Å². The summed E-state index contributed by atoms with van der Waals surface area (Å²) in [5, 5.41) is 0. The fourth-order valence-electron chi connectivity index (χ4n) is 0.986. The summed E-state index contributed by atoms with van der Waals surface area (Å²) in [6, 6.07) is 10.6. The summed E-state index contributed by atoms with van der Waals surface area (Å²) in [6.45, 7) is 2.02. The second kappa shape index (κ2) is 6.52. The van der Waals surface area contributed by atoms with Crippen LogP contribution in [-0.4, -0.2) is 23.6 Å². The zero-order valence-corrected chi connectivity index (χ0v) is 9.18. The predicted molar refractivity (Wildman–Crippen MR) is 58.0 cm³/mol. The van der Waals surface area contributed by atoms with E-state index in [9.17, 15) is 0 Å². The van der Waals surface area contributed by atoms with Gasteiger partial charge in [-0.1, -0.05) is 30.3 Å². The standard InChI is InChI=1S/C9H13N.H2O4S/c1-8(10)7-9-5-3-2-4-6-9;1-5(2,3)4/h2-6,8H,7,10H2,1H3;(H2,1,2,3,4). The third-order valence-electron chi connectivity index (χ3n) is 1.40. The molecule has 5 nitrogen and oxygen atoms in total. The zero-order chi connectivity index (χ0) is 11.9. The molecule has 0 fully saturated rings. The van der Waals surface area contributed by atoms with E-state index in [0.29, 0.717) is 0 Å². The van der Waals surface area contributed by atoms with E-state index in [-0.39, 0.29) is 6.04 Å². The van der Waals surface area contributed by atoms with Crippen LogP contribution in [0.3, 0.4) is 0 Å². The predicted octanol–water partition coefficient (Wildman–Crippen LogP) is 0.924. The Morgan fingerprint density at radius 3 is 2.00 bits per heavy atom. The number of benzene rings is 1. The average molecular weight is 233 g/mol. The minimum absolute atomic E-state index is 0.266. The van der Waals surface area contributed by atoms with Crippen LogP contribution in [0.25, 0.3) is 0 Å². The van der Waals surface area contributed by atoms with Crippen molar-refractivity contribution in [2.45, 2.75) is 19.4 Å². The smallest absolute Gasteiger partial charge is 0.328 e. The molecule has 86 valence electrons. The van der Waals surface area contributed by atoms with Gasteiger partial charge in [0, 0.05) is 6.04 Å². The van der Waals surface area contributed by atoms with Crippen molar-refractivity contribution in [2.24, 2.45) is 5.73 Å². The van der Waals surface area contributed by atoms with E-state index in [0.717, 1.165) is 6.42 Å². The summed E-state index contributed by atoms with van der Waals surface area (Å²) < 4.78 is 31.6. The molecule has 0 heterocycles. The fraction of sp³-hybridized carbons (Fsp3) is 0.333. The first-order valence-corrected chi connectivity index (χ1v) is 5.68. The van der Waals surface area contributed by atoms with Crippen LogP contribution >= 0.6 is 0 Å². The summed E-state index contributed by atoms with van der Waals surface area (Å²) in [4.78, 5) is 0. The van der Waals surface area contributed by atoms with Crippen LogP contribution in [0.4, 0.5) is 0 Å². The van der Waals surface area contributed by atoms with Crippen molar-refractivity contribution in [1.82, 2.24) is 0 Å². The molecule has 0 aliphatic heterocycles. The second-order valence-electron chi connectivity index (χ2n) is 3.11. The fourth-order valence-corrected chi connectivity index (χ4v) is 0.986. The highest BCUT2D eigenvalue weighted by Gasteiger charge is 1.94. The van der Waals surface area contributed by atoms with Crippen molar-refractivity contribution in [1.29, 1.82) is 0 Å². The molecule has 0 bridgehead atoms. The highest BCUT2D eigenvalue weighted by atomic mass is 32.3. The van der Waals surface area contributed by atoms with Gasteiger partial charge in [0.05, 0.1) is 0 Å². The number of rotatable bonds is 2. The van der Waals surface area contributed by atoms with Crippen molar-refractivity contribution < 1.29 is 17.5 Å². The van der Waals surface area contributed by atoms with E-state index < -0.39 is 10.4 Å². The molecule has 0 saturated carbocycles. The topological polar surface area (TPSA) is 101 Å². The van der Waals surface area contributed by atoms with Crippen molar-refractivity contribution >= 4 is 10.4 Å². The van der Waals surface area contributed by atoms with Crippen LogP contribution < -0.4 is 5.73 Å². The minimum Gasteiger partial charge on any atom is -0.328 e. The summed E-state index contributed by atoms with van der Waals surface area (Å²) in [5.74, 6) is 0. The molecule has 0 saturated heterocycles. The van der Waals surface area contributed by atoms with E-state index in [2.05, 4.69) is 12.1 Å². The van der Waals surface area contributed by atoms with Gasteiger partial charge in [0.2, 0.25) is 0 Å². The van der Waals surface area contributed by atoms with Crippen molar-refractivity contribution in [3.05, 3.63) is 35.9 Å². The molecule has 4 N–H and O–H groups in total. The number of hydrogen-bond acceptors (Lipinski definition) is 3. The first-order valence-electron chi connectivity index (χ1n) is 4.28. The van der Waals surface area contributed by atoms with Crippen molar-refractivity contribution in [2.75, 3.05) is 0 Å². The maximum Gasteiger partial charge on any atom is 0.394 e. The Bertz CT molecular complexity index is 353. The van der Waals surface area contributed by atoms with Gasteiger partial charge in [-0.25, -0.2) is 0 Å². The van der Waals surface area contributed by atoms with Crippen LogP contribution in [0.1, 0.15) is 12.5 Å². The molecule has 15 heavy (non-hydrogen) atoms. The van der Waals surface area contributed by atoms with Crippen LogP contribution in [0.2, 0.25) is 0 Å². The van der Waals surface area contributed by atoms with Gasteiger partial charge in [-0.3, -0.25) is 9.11 Å². The van der Waals surface area contributed by atoms with E-state index in [4.69, 9.17) is 23.3 Å². The zero-order valence-electron chi connectivity index (χ0n) is 8.37. The molecule has 1 unspecified atom stereocenters. The Hall–Kier alpha value is -0.950. The summed E-state index contributed by atoms with van der Waals surface area (Å²) >= 11 is 0. The molecule has 1 atom stereocenters. The quantitative estimate of drug-likeness (QED) is 0.659. The Kier molecular flexibility index (Phi) is 6.11. The molecule has 0 aromatic heterocycles. The molecule has 0 radical (unpaired) electrons. The molecule has 1 aromatic rings. The lowest BCUT2D eigenvalue weighted by atomic mass is 10.1. The Balaban J connectivity index is 0.000000336. The largest absolute Gasteiger partial charge is 0.394 e. The Labute approximate surface area is 89.5 Å². The van der Waals surface area contributed by atoms with Crippen molar-refractivity contribution in [3.8, 4) is 0 Å². The molecule has 6 heteroatoms. The molecule has 0 aliphatic rings. The molecular formula is C9H15NO4S. The summed E-state index contributed by atoms with van der Waals surface area (Å²) in [5.41, 5.74) is 6.94. The lowest BCUT2D eigenvalue weighted by molar-refractivity contribution is 0.381. The first kappa shape index (κ1) is 14.1. The van der Waals surface area contributed by atoms with Gasteiger partial charge in [-0.15, -0.1) is 0 Å². The minimum atomic E-state index is -4.67. The third-order valence-corrected chi connectivity index (χ3v) is 1.40. The summed E-state index contributed by atoms with van der Waals surface area (Å²) in [7, 11) is -4.67. The Morgan fingerprint density at radius 2 is 1.67 bits per heavy atom. The third kappa shape index (κ3) is 13.1. The maximum atomic E-state index is 8.74. The monoisotopic (exact) mass is 233 g/mol. The lowest BCUT2D eigenvalue weighted by Crippen LogP contribution is -2.17. The molecular weight excluding hydrogens is 218 g/mol. The highest BCUT2D eigenvalue weighted by Crippen LogP contribution is 2.00. The molecule has 0 spiro atoms. The van der Waals surface area contributed by atoms with Gasteiger partial charge in [-0.2, -0.15) is 8.42 Å². The van der Waals surface area contributed by atoms with Gasteiger partial charge in [0.25, 0.3) is 0 Å². The van der Waals surface area contributed by atoms with Gasteiger partial charge in [0.1, 0.15) is 0 Å². The second-order valence-corrected chi connectivity index (χ2v) is 4.01. The van der Waals surface area contributed by atoms with E-state index in [1.165, 1.54) is 5.56 Å². The highest BCUT2D eigenvalue weighted by molar-refractivity contribution is 7.79. The van der Waals surface area contributed by atoms with Crippen LogP contribution in [-0.2, 0) is 16.8 Å². The first-order chi connectivity index (χ1) is 6.79. The van der Waals surface area contributed by atoms with Gasteiger partial charge < -0.3 is 5.73 Å². The SMILES string of the molecule is CC(N)Cc1ccccc1.O=S(=O)(O)O. The normalized spacial score (nSPS) is 12.5. The molecule has 0 aliphatic carbocycles. The number of nitrogens with two attached hydrogens (primary N) is 1. The van der Waals surface area contributed by atoms with Gasteiger partial charge in [0.15, 0.2) is 0 Å². The van der Waals surface area contributed by atoms with E-state index in [1.807, 2.05) is 25.1 Å². The Morgan fingerprint density at radius 1 is 1.27 bits per heavy atom. The van der Waals surface area contributed by atoms with Crippen molar-refractivity contribution in [3.63, 3.8) is 0 Å². The molecule has 0 amide bonds. The molecule has 1 rings (SSSR count). The van der Waals surface area contributed by atoms with E-state index >= 15 is 0 Å². The maximum absolute atomic E-state index is 8.74.